The standard InChI is InChI=1S/C19H23FN8O/c1-11-18-16(27-7-4-12(29)5-8-27)9-15(17(22-2)13(20)10-21)26-28(18)19(24-11)14-3-6-23-25-14/h3,6,9-10,12,29H,4-5,7-8,21H2,1-2H3,(H,23,25). The van der Waals surface area contributed by atoms with Gasteiger partial charge in [-0.25, -0.2) is 13.9 Å². The van der Waals surface area contributed by atoms with Crippen molar-refractivity contribution in [3.8, 4) is 11.5 Å². The molecule has 1 aliphatic rings. The lowest BCUT2D eigenvalue weighted by Gasteiger charge is -2.32. The van der Waals surface area contributed by atoms with Crippen molar-refractivity contribution in [2.24, 2.45) is 10.7 Å². The molecule has 0 bridgehead atoms. The van der Waals surface area contributed by atoms with E-state index in [0.717, 1.165) is 23.1 Å². The Balaban J connectivity index is 1.97. The van der Waals surface area contributed by atoms with Gasteiger partial charge in [0.15, 0.2) is 11.7 Å². The maximum absolute atomic E-state index is 14.4. The van der Waals surface area contributed by atoms with Crippen LogP contribution >= 0.6 is 0 Å². The largest absolute Gasteiger partial charge is 0.402 e. The van der Waals surface area contributed by atoms with Gasteiger partial charge in [0.25, 0.3) is 0 Å². The molecule has 1 aliphatic heterocycles. The normalized spacial score (nSPS) is 16.8. The minimum Gasteiger partial charge on any atom is -0.402 e. The number of rotatable bonds is 4. The molecule has 29 heavy (non-hydrogen) atoms. The number of aromatic nitrogens is 5. The molecule has 10 heteroatoms. The number of nitrogens with zero attached hydrogens (tertiary/aromatic N) is 6. The Morgan fingerprint density at radius 3 is 2.79 bits per heavy atom. The van der Waals surface area contributed by atoms with Gasteiger partial charge in [-0.15, -0.1) is 0 Å². The summed E-state index contributed by atoms with van der Waals surface area (Å²) in [5.74, 6) is -0.0815. The summed E-state index contributed by atoms with van der Waals surface area (Å²) >= 11 is 0. The number of piperidine rings is 1. The Bertz CT molecular complexity index is 1080. The van der Waals surface area contributed by atoms with Crippen LogP contribution in [0.2, 0.25) is 0 Å². The number of H-pyrrole nitrogens is 1. The number of halogens is 1. The molecule has 0 aliphatic carbocycles. The average molecular weight is 398 g/mol. The maximum atomic E-state index is 14.4. The van der Waals surface area contributed by atoms with Crippen molar-refractivity contribution in [2.75, 3.05) is 25.0 Å². The van der Waals surface area contributed by atoms with Gasteiger partial charge in [0.1, 0.15) is 22.6 Å². The van der Waals surface area contributed by atoms with Gasteiger partial charge in [-0.3, -0.25) is 10.1 Å². The molecule has 4 heterocycles. The van der Waals surface area contributed by atoms with Crippen LogP contribution in [-0.2, 0) is 0 Å². The summed E-state index contributed by atoms with van der Waals surface area (Å²) in [5, 5.41) is 21.4. The average Bonchev–Trinajstić information content (AvgIpc) is 3.37. The van der Waals surface area contributed by atoms with E-state index in [0.29, 0.717) is 43.1 Å². The number of aromatic amines is 1. The third-order valence-corrected chi connectivity index (χ3v) is 5.14. The lowest BCUT2D eigenvalue weighted by Crippen LogP contribution is -2.36. The van der Waals surface area contributed by atoms with Gasteiger partial charge >= 0.3 is 0 Å². The number of aliphatic hydroxyl groups is 1. The minimum atomic E-state index is -0.653. The number of hydrogen-bond acceptors (Lipinski definition) is 7. The molecule has 0 unspecified atom stereocenters. The van der Waals surface area contributed by atoms with Crippen LogP contribution in [0.3, 0.4) is 0 Å². The van der Waals surface area contributed by atoms with Crippen LogP contribution in [0.25, 0.3) is 17.0 Å². The second-order valence-electron chi connectivity index (χ2n) is 6.97. The highest BCUT2D eigenvalue weighted by Crippen LogP contribution is 2.31. The van der Waals surface area contributed by atoms with Crippen LogP contribution in [0.1, 0.15) is 24.2 Å². The summed E-state index contributed by atoms with van der Waals surface area (Å²) in [6, 6.07) is 3.61. The van der Waals surface area contributed by atoms with E-state index in [9.17, 15) is 9.50 Å². The van der Waals surface area contributed by atoms with Crippen LogP contribution in [0.4, 0.5) is 10.1 Å². The first-order chi connectivity index (χ1) is 14.0. The summed E-state index contributed by atoms with van der Waals surface area (Å²) in [5.41, 5.74) is 8.97. The van der Waals surface area contributed by atoms with Crippen molar-refractivity contribution < 1.29 is 9.50 Å². The van der Waals surface area contributed by atoms with Crippen LogP contribution < -0.4 is 10.6 Å². The molecule has 0 radical (unpaired) electrons. The molecular weight excluding hydrogens is 375 g/mol. The molecule has 1 fully saturated rings. The molecule has 1 saturated heterocycles. The highest BCUT2D eigenvalue weighted by molar-refractivity contribution is 6.10. The first-order valence-corrected chi connectivity index (χ1v) is 9.41. The van der Waals surface area contributed by atoms with Crippen molar-refractivity contribution >= 4 is 16.9 Å². The van der Waals surface area contributed by atoms with E-state index in [1.54, 1.807) is 16.8 Å². The Morgan fingerprint density at radius 1 is 1.41 bits per heavy atom. The summed E-state index contributed by atoms with van der Waals surface area (Å²) in [4.78, 5) is 10.9. The van der Waals surface area contributed by atoms with Gasteiger partial charge in [-0.1, -0.05) is 0 Å². The van der Waals surface area contributed by atoms with Gasteiger partial charge in [-0.05, 0) is 31.9 Å². The van der Waals surface area contributed by atoms with E-state index in [4.69, 9.17) is 5.73 Å². The smallest absolute Gasteiger partial charge is 0.179 e. The Kier molecular flexibility index (Phi) is 5.01. The molecule has 0 amide bonds. The summed E-state index contributed by atoms with van der Waals surface area (Å²) in [6.45, 7) is 3.27. The Morgan fingerprint density at radius 2 is 2.17 bits per heavy atom. The number of hydrogen-bond donors (Lipinski definition) is 3. The number of allylic oxidation sites excluding steroid dienone is 1. The van der Waals surface area contributed by atoms with E-state index in [1.807, 2.05) is 13.0 Å². The van der Waals surface area contributed by atoms with Crippen molar-refractivity contribution in [1.29, 1.82) is 0 Å². The Labute approximate surface area is 166 Å². The molecule has 4 rings (SSSR count). The second kappa shape index (κ2) is 7.63. The number of aliphatic imine (C=N–C) groups is 1. The van der Waals surface area contributed by atoms with Crippen LogP contribution in [0.15, 0.2) is 35.3 Å². The number of imidazole rings is 1. The van der Waals surface area contributed by atoms with Crippen molar-refractivity contribution in [3.63, 3.8) is 0 Å². The predicted octanol–water partition coefficient (Wildman–Crippen LogP) is 1.58. The van der Waals surface area contributed by atoms with Crippen LogP contribution in [-0.4, -0.2) is 61.9 Å². The molecule has 3 aromatic heterocycles. The zero-order valence-electron chi connectivity index (χ0n) is 16.3. The van der Waals surface area contributed by atoms with E-state index < -0.39 is 5.83 Å². The second-order valence-corrected chi connectivity index (χ2v) is 6.97. The highest BCUT2D eigenvalue weighted by atomic mass is 19.1. The zero-order chi connectivity index (χ0) is 20.5. The first kappa shape index (κ1) is 19.1. The lowest BCUT2D eigenvalue weighted by atomic mass is 10.1. The molecule has 0 atom stereocenters. The minimum absolute atomic E-state index is 0.0645. The maximum Gasteiger partial charge on any atom is 0.179 e. The fourth-order valence-corrected chi connectivity index (χ4v) is 3.68. The zero-order valence-corrected chi connectivity index (χ0v) is 16.3. The molecule has 9 nitrogen and oxygen atoms in total. The monoisotopic (exact) mass is 398 g/mol. The van der Waals surface area contributed by atoms with E-state index in [1.165, 1.54) is 7.05 Å². The van der Waals surface area contributed by atoms with Gasteiger partial charge in [0, 0.05) is 32.5 Å². The number of nitrogens with two attached hydrogens (primary N) is 1. The van der Waals surface area contributed by atoms with E-state index in [-0.39, 0.29) is 11.8 Å². The lowest BCUT2D eigenvalue weighted by molar-refractivity contribution is 0.145. The number of anilines is 1. The quantitative estimate of drug-likeness (QED) is 0.574. The number of aryl methyl sites for hydroxylation is 1. The van der Waals surface area contributed by atoms with Gasteiger partial charge in [0.05, 0.1) is 17.5 Å². The number of nitrogens with one attached hydrogen (secondary N) is 1. The molecule has 0 aromatic carbocycles. The SMILES string of the molecule is CN=C(C(F)=CN)c1cc(N2CCC(O)CC2)c2c(C)nc(-c3ccn[nH]3)n2n1. The number of fused-ring (bicyclic) bond motifs is 1. The molecule has 0 saturated carbocycles. The van der Waals surface area contributed by atoms with E-state index >= 15 is 0 Å². The third kappa shape index (κ3) is 3.35. The van der Waals surface area contributed by atoms with Crippen molar-refractivity contribution in [2.45, 2.75) is 25.9 Å². The summed E-state index contributed by atoms with van der Waals surface area (Å²) in [6.07, 6.45) is 3.53. The third-order valence-electron chi connectivity index (χ3n) is 5.14. The Hall–Kier alpha value is -3.27. The fraction of sp³-hybridized carbons (Fsp3) is 0.368. The van der Waals surface area contributed by atoms with Gasteiger partial charge in [0.2, 0.25) is 0 Å². The van der Waals surface area contributed by atoms with E-state index in [2.05, 4.69) is 30.2 Å². The molecule has 152 valence electrons. The topological polar surface area (TPSA) is 121 Å². The first-order valence-electron chi connectivity index (χ1n) is 9.41. The molecular formula is C19H23FN8O. The van der Waals surface area contributed by atoms with Crippen LogP contribution in [0.5, 0.6) is 0 Å². The molecule has 0 spiro atoms. The molecule has 4 N–H and O–H groups in total. The van der Waals surface area contributed by atoms with Crippen LogP contribution in [0, 0.1) is 6.92 Å². The summed E-state index contributed by atoms with van der Waals surface area (Å²) < 4.78 is 16.1. The van der Waals surface area contributed by atoms with Gasteiger partial charge in [-0.2, -0.15) is 10.2 Å². The van der Waals surface area contributed by atoms with Gasteiger partial charge < -0.3 is 15.7 Å². The fourth-order valence-electron chi connectivity index (χ4n) is 3.68. The predicted molar refractivity (Wildman–Crippen MR) is 109 cm³/mol. The summed E-state index contributed by atoms with van der Waals surface area (Å²) in [7, 11) is 1.50. The van der Waals surface area contributed by atoms with Crippen molar-refractivity contribution in [3.05, 3.63) is 41.7 Å². The number of aliphatic hydroxyl groups excluding tert-OH is 1. The molecule has 3 aromatic rings. The highest BCUT2D eigenvalue weighted by Gasteiger charge is 2.25. The van der Waals surface area contributed by atoms with Crippen molar-refractivity contribution in [1.82, 2.24) is 24.8 Å².